The van der Waals surface area contributed by atoms with Gasteiger partial charge in [-0.3, -0.25) is 4.79 Å². The van der Waals surface area contributed by atoms with Crippen LogP contribution >= 0.6 is 0 Å². The Kier molecular flexibility index (Phi) is 6.80. The Balaban J connectivity index is 1.79. The number of halogens is 6. The van der Waals surface area contributed by atoms with Crippen LogP contribution in [0, 0.1) is 12.8 Å². The second kappa shape index (κ2) is 9.14. The standard InChI is InChI=1S/C20H21F6N5O3/c1-10(2)13-9-30(17-28-6-12(7-29-17)19(21,22)23)4-5-31(13)18(33)34-14-8-27-16(32)15(11(14)3)20(24,25)26/h6-8,10,13H,4-5,9H2,1-3H3,(H,27,32). The number of rotatable bonds is 3. The van der Waals surface area contributed by atoms with Gasteiger partial charge in [0.25, 0.3) is 5.56 Å². The molecular weight excluding hydrogens is 472 g/mol. The highest BCUT2D eigenvalue weighted by Gasteiger charge is 2.39. The third kappa shape index (κ3) is 5.25. The van der Waals surface area contributed by atoms with Gasteiger partial charge in [-0.15, -0.1) is 0 Å². The van der Waals surface area contributed by atoms with Gasteiger partial charge in [-0.25, -0.2) is 14.8 Å². The SMILES string of the molecule is Cc1c(OC(=O)N2CCN(c3ncc(C(F)(F)F)cn3)CC2C(C)C)c[nH]c(=O)c1C(F)(F)F. The summed E-state index contributed by atoms with van der Waals surface area (Å²) >= 11 is 0. The first-order valence-corrected chi connectivity index (χ1v) is 10.1. The lowest BCUT2D eigenvalue weighted by atomic mass is 10.00. The molecule has 1 aliphatic rings. The first-order valence-electron chi connectivity index (χ1n) is 10.1. The topological polar surface area (TPSA) is 91.4 Å². The van der Waals surface area contributed by atoms with Crippen LogP contribution in [0.2, 0.25) is 0 Å². The van der Waals surface area contributed by atoms with Crippen molar-refractivity contribution in [1.82, 2.24) is 19.9 Å². The molecule has 2 aromatic rings. The number of nitrogens with zero attached hydrogens (tertiary/aromatic N) is 4. The fourth-order valence-corrected chi connectivity index (χ4v) is 3.62. The highest BCUT2D eigenvalue weighted by atomic mass is 19.4. The number of carbonyl (C=O) groups excluding carboxylic acids is 1. The molecular formula is C20H21F6N5O3. The molecule has 1 saturated heterocycles. The van der Waals surface area contributed by atoms with Gasteiger partial charge in [0.2, 0.25) is 5.95 Å². The van der Waals surface area contributed by atoms with E-state index in [-0.39, 0.29) is 31.5 Å². The van der Waals surface area contributed by atoms with Gasteiger partial charge in [-0.2, -0.15) is 26.3 Å². The molecule has 3 heterocycles. The maximum atomic E-state index is 13.2. The van der Waals surface area contributed by atoms with E-state index in [0.717, 1.165) is 13.1 Å². The second-order valence-electron chi connectivity index (χ2n) is 8.07. The van der Waals surface area contributed by atoms with E-state index >= 15 is 0 Å². The minimum Gasteiger partial charge on any atom is -0.408 e. The van der Waals surface area contributed by atoms with Crippen molar-refractivity contribution in [3.05, 3.63) is 45.6 Å². The Morgan fingerprint density at radius 1 is 1.12 bits per heavy atom. The van der Waals surface area contributed by atoms with Crippen molar-refractivity contribution in [2.24, 2.45) is 5.92 Å². The number of aromatic amines is 1. The van der Waals surface area contributed by atoms with E-state index in [4.69, 9.17) is 4.74 Å². The maximum absolute atomic E-state index is 13.2. The number of H-pyrrole nitrogens is 1. The molecule has 0 radical (unpaired) electrons. The molecule has 0 spiro atoms. The van der Waals surface area contributed by atoms with Gasteiger partial charge >= 0.3 is 18.4 Å². The van der Waals surface area contributed by atoms with Gasteiger partial charge in [0.15, 0.2) is 5.75 Å². The number of pyridine rings is 1. The second-order valence-corrected chi connectivity index (χ2v) is 8.07. The molecule has 1 fully saturated rings. The van der Waals surface area contributed by atoms with Gasteiger partial charge in [0, 0.05) is 43.8 Å². The van der Waals surface area contributed by atoms with Crippen LogP contribution in [0.4, 0.5) is 37.1 Å². The van der Waals surface area contributed by atoms with Gasteiger partial charge < -0.3 is 19.5 Å². The molecule has 34 heavy (non-hydrogen) atoms. The predicted molar refractivity (Wildman–Crippen MR) is 107 cm³/mol. The summed E-state index contributed by atoms with van der Waals surface area (Å²) in [7, 11) is 0. The lowest BCUT2D eigenvalue weighted by molar-refractivity contribution is -0.139. The van der Waals surface area contributed by atoms with Crippen LogP contribution in [0.5, 0.6) is 5.75 Å². The Morgan fingerprint density at radius 3 is 2.26 bits per heavy atom. The van der Waals surface area contributed by atoms with E-state index in [0.29, 0.717) is 12.4 Å². The molecule has 8 nitrogen and oxygen atoms in total. The number of carbonyl (C=O) groups is 1. The summed E-state index contributed by atoms with van der Waals surface area (Å²) in [6.45, 7) is 5.00. The number of amides is 1. The molecule has 14 heteroatoms. The van der Waals surface area contributed by atoms with Crippen LogP contribution in [-0.2, 0) is 12.4 Å². The number of piperazine rings is 1. The van der Waals surface area contributed by atoms with E-state index in [1.54, 1.807) is 18.7 Å². The quantitative estimate of drug-likeness (QED) is 0.654. The Hall–Kier alpha value is -3.32. The zero-order valence-electron chi connectivity index (χ0n) is 18.3. The minimum atomic E-state index is -4.94. The van der Waals surface area contributed by atoms with E-state index in [9.17, 15) is 35.9 Å². The van der Waals surface area contributed by atoms with Crippen molar-refractivity contribution in [3.63, 3.8) is 0 Å². The molecule has 1 amide bonds. The van der Waals surface area contributed by atoms with E-state index < -0.39 is 52.5 Å². The number of anilines is 1. The van der Waals surface area contributed by atoms with Crippen molar-refractivity contribution in [3.8, 4) is 5.75 Å². The van der Waals surface area contributed by atoms with Crippen LogP contribution in [0.1, 0.15) is 30.5 Å². The van der Waals surface area contributed by atoms with Crippen LogP contribution in [0.3, 0.4) is 0 Å². The monoisotopic (exact) mass is 493 g/mol. The molecule has 1 atom stereocenters. The van der Waals surface area contributed by atoms with Crippen molar-refractivity contribution in [2.75, 3.05) is 24.5 Å². The largest absolute Gasteiger partial charge is 0.422 e. The van der Waals surface area contributed by atoms with Crippen LogP contribution in [-0.4, -0.2) is 51.6 Å². The third-order valence-corrected chi connectivity index (χ3v) is 5.46. The number of hydrogen-bond acceptors (Lipinski definition) is 6. The first kappa shape index (κ1) is 25.3. The smallest absolute Gasteiger partial charge is 0.408 e. The van der Waals surface area contributed by atoms with E-state index in [1.807, 2.05) is 4.98 Å². The Morgan fingerprint density at radius 2 is 1.74 bits per heavy atom. The fraction of sp³-hybridized carbons (Fsp3) is 0.500. The van der Waals surface area contributed by atoms with Crippen molar-refractivity contribution in [1.29, 1.82) is 0 Å². The van der Waals surface area contributed by atoms with Crippen LogP contribution in [0.25, 0.3) is 0 Å². The maximum Gasteiger partial charge on any atom is 0.422 e. The van der Waals surface area contributed by atoms with E-state index in [1.165, 1.54) is 4.90 Å². The molecule has 1 unspecified atom stereocenters. The average Bonchev–Trinajstić information content (AvgIpc) is 2.73. The van der Waals surface area contributed by atoms with Crippen molar-refractivity contribution >= 4 is 12.0 Å². The van der Waals surface area contributed by atoms with Crippen LogP contribution < -0.4 is 15.2 Å². The molecule has 1 N–H and O–H groups in total. The molecule has 186 valence electrons. The number of ether oxygens (including phenoxy) is 1. The summed E-state index contributed by atoms with van der Waals surface area (Å²) in [5.41, 5.74) is -4.33. The highest BCUT2D eigenvalue weighted by molar-refractivity contribution is 5.72. The van der Waals surface area contributed by atoms with Gasteiger partial charge in [-0.05, 0) is 12.8 Å². The zero-order valence-corrected chi connectivity index (χ0v) is 18.3. The Labute approximate surface area is 189 Å². The van der Waals surface area contributed by atoms with Crippen molar-refractivity contribution in [2.45, 2.75) is 39.2 Å². The number of nitrogens with one attached hydrogen (secondary N) is 1. The molecule has 2 aromatic heterocycles. The third-order valence-electron chi connectivity index (χ3n) is 5.46. The van der Waals surface area contributed by atoms with E-state index in [2.05, 4.69) is 9.97 Å². The number of alkyl halides is 6. The average molecular weight is 493 g/mol. The highest BCUT2D eigenvalue weighted by Crippen LogP contribution is 2.33. The molecule has 1 aliphatic heterocycles. The summed E-state index contributed by atoms with van der Waals surface area (Å²) in [4.78, 5) is 36.8. The molecule has 0 aliphatic carbocycles. The molecule has 0 saturated carbocycles. The zero-order chi connectivity index (χ0) is 25.4. The normalized spacial score (nSPS) is 17.3. The number of aromatic nitrogens is 3. The number of hydrogen-bond donors (Lipinski definition) is 1. The summed E-state index contributed by atoms with van der Waals surface area (Å²) in [5, 5.41) is 0. The Bertz CT molecular complexity index is 1100. The van der Waals surface area contributed by atoms with Crippen molar-refractivity contribution < 1.29 is 35.9 Å². The predicted octanol–water partition coefficient (Wildman–Crippen LogP) is 3.86. The molecule has 3 rings (SSSR count). The lowest BCUT2D eigenvalue weighted by Gasteiger charge is -2.42. The minimum absolute atomic E-state index is 0.0537. The fourth-order valence-electron chi connectivity index (χ4n) is 3.62. The van der Waals surface area contributed by atoms with Crippen LogP contribution in [0.15, 0.2) is 23.4 Å². The summed E-state index contributed by atoms with van der Waals surface area (Å²) < 4.78 is 83.0. The van der Waals surface area contributed by atoms with Gasteiger partial charge in [0.1, 0.15) is 5.56 Å². The first-order chi connectivity index (χ1) is 15.7. The summed E-state index contributed by atoms with van der Waals surface area (Å²) in [6.07, 6.45) is -8.20. The van der Waals surface area contributed by atoms with Gasteiger partial charge in [0.05, 0.1) is 11.6 Å². The summed E-state index contributed by atoms with van der Waals surface area (Å²) in [5.74, 6) is -0.530. The summed E-state index contributed by atoms with van der Waals surface area (Å²) in [6, 6.07) is -0.503. The lowest BCUT2D eigenvalue weighted by Crippen LogP contribution is -2.58. The molecule has 0 aromatic carbocycles. The van der Waals surface area contributed by atoms with Gasteiger partial charge in [-0.1, -0.05) is 13.8 Å². The molecule has 0 bridgehead atoms.